The molecule has 8 nitrogen and oxygen atoms in total. The van der Waals surface area contributed by atoms with Crippen LogP contribution in [-0.2, 0) is 10.0 Å². The third-order valence-corrected chi connectivity index (χ3v) is 4.58. The highest BCUT2D eigenvalue weighted by atomic mass is 32.2. The van der Waals surface area contributed by atoms with Gasteiger partial charge < -0.3 is 0 Å². The Balaban J connectivity index is 1.95. The number of sulfonamides is 1. The van der Waals surface area contributed by atoms with Crippen molar-refractivity contribution in [2.24, 2.45) is 0 Å². The van der Waals surface area contributed by atoms with Gasteiger partial charge in [-0.1, -0.05) is 6.07 Å². The number of nitrogens with one attached hydrogen (secondary N) is 1. The minimum absolute atomic E-state index is 0.0405. The minimum Gasteiger partial charge on any atom is -0.268 e. The van der Waals surface area contributed by atoms with Crippen LogP contribution in [0.15, 0.2) is 47.6 Å². The molecule has 0 unspecified atom stereocenters. The van der Waals surface area contributed by atoms with Crippen LogP contribution in [0.4, 0.5) is 0 Å². The lowest BCUT2D eigenvalue weighted by molar-refractivity contribution is 0.0983. The molecule has 0 bridgehead atoms. The molecule has 0 aliphatic rings. The highest BCUT2D eigenvalue weighted by Gasteiger charge is 2.22. The van der Waals surface area contributed by atoms with Crippen LogP contribution in [0.1, 0.15) is 21.6 Å². The first kappa shape index (κ1) is 15.6. The molecule has 1 N–H and O–H groups in total. The van der Waals surface area contributed by atoms with E-state index in [0.29, 0.717) is 5.69 Å². The summed E-state index contributed by atoms with van der Waals surface area (Å²) in [5, 5.41) is 12.8. The zero-order chi connectivity index (χ0) is 17.3. The molecule has 1 amide bonds. The average molecular weight is 341 g/mol. The number of aryl methyl sites for hydroxylation is 1. The van der Waals surface area contributed by atoms with Crippen molar-refractivity contribution in [1.29, 1.82) is 5.26 Å². The lowest BCUT2D eigenvalue weighted by Gasteiger charge is -2.06. The average Bonchev–Trinajstić information content (AvgIpc) is 2.97. The van der Waals surface area contributed by atoms with Crippen LogP contribution in [0, 0.1) is 18.3 Å². The van der Waals surface area contributed by atoms with Crippen LogP contribution in [0.5, 0.6) is 0 Å². The van der Waals surface area contributed by atoms with Crippen LogP contribution in [0.3, 0.4) is 0 Å². The van der Waals surface area contributed by atoms with E-state index in [4.69, 9.17) is 5.26 Å². The molecule has 0 saturated carbocycles. The Hall–Kier alpha value is -3.25. The number of amides is 1. The summed E-state index contributed by atoms with van der Waals surface area (Å²) in [5.74, 6) is -0.842. The molecule has 9 heteroatoms. The summed E-state index contributed by atoms with van der Waals surface area (Å²) in [6.07, 6.45) is 2.87. The molecule has 2 heterocycles. The molecule has 120 valence electrons. The van der Waals surface area contributed by atoms with Crippen LogP contribution in [-0.4, -0.2) is 28.9 Å². The topological polar surface area (TPSA) is 117 Å². The van der Waals surface area contributed by atoms with Gasteiger partial charge in [-0.15, -0.1) is 0 Å². The van der Waals surface area contributed by atoms with Crippen molar-refractivity contribution in [2.45, 2.75) is 11.8 Å². The van der Waals surface area contributed by atoms with E-state index < -0.39 is 15.9 Å². The van der Waals surface area contributed by atoms with Crippen molar-refractivity contribution in [3.63, 3.8) is 0 Å². The molecule has 0 aliphatic carbocycles. The molecule has 0 saturated heterocycles. The summed E-state index contributed by atoms with van der Waals surface area (Å²) in [7, 11) is -4.11. The van der Waals surface area contributed by atoms with E-state index in [-0.39, 0.29) is 21.7 Å². The van der Waals surface area contributed by atoms with Gasteiger partial charge in [0.1, 0.15) is 5.56 Å². The molecule has 3 rings (SSSR count). The fourth-order valence-corrected chi connectivity index (χ4v) is 3.10. The Morgan fingerprint density at radius 2 is 2.12 bits per heavy atom. The molecule has 0 fully saturated rings. The standard InChI is InChI=1S/C15H11N5O3S/c1-10-5-6-20-14(18-10)13(9-17-20)15(21)19-24(22,23)12-4-2-3-11(7-12)8-16/h2-7,9H,1H3,(H,19,21). The Morgan fingerprint density at radius 1 is 1.33 bits per heavy atom. The largest absolute Gasteiger partial charge is 0.270 e. The highest BCUT2D eigenvalue weighted by Crippen LogP contribution is 2.13. The number of aromatic nitrogens is 3. The van der Waals surface area contributed by atoms with Gasteiger partial charge in [0.05, 0.1) is 22.7 Å². The van der Waals surface area contributed by atoms with Gasteiger partial charge in [-0.05, 0) is 31.2 Å². The smallest absolute Gasteiger partial charge is 0.268 e. The second-order valence-electron chi connectivity index (χ2n) is 4.97. The summed E-state index contributed by atoms with van der Waals surface area (Å²) in [5.41, 5.74) is 1.15. The maximum Gasteiger partial charge on any atom is 0.270 e. The van der Waals surface area contributed by atoms with Crippen LogP contribution in [0.2, 0.25) is 0 Å². The van der Waals surface area contributed by atoms with Gasteiger partial charge in [-0.2, -0.15) is 10.4 Å². The lowest BCUT2D eigenvalue weighted by atomic mass is 10.2. The minimum atomic E-state index is -4.11. The van der Waals surface area contributed by atoms with Crippen molar-refractivity contribution >= 4 is 21.6 Å². The predicted molar refractivity (Wildman–Crippen MR) is 83.5 cm³/mol. The van der Waals surface area contributed by atoms with Crippen molar-refractivity contribution in [1.82, 2.24) is 19.3 Å². The second-order valence-corrected chi connectivity index (χ2v) is 6.65. The van der Waals surface area contributed by atoms with Crippen LogP contribution >= 0.6 is 0 Å². The number of rotatable bonds is 3. The molecular formula is C15H11N5O3S. The van der Waals surface area contributed by atoms with E-state index in [1.807, 2.05) is 10.8 Å². The molecule has 2 aromatic heterocycles. The first-order chi connectivity index (χ1) is 11.4. The summed E-state index contributed by atoms with van der Waals surface area (Å²) >= 11 is 0. The first-order valence-corrected chi connectivity index (χ1v) is 8.27. The Labute approximate surface area is 137 Å². The quantitative estimate of drug-likeness (QED) is 0.760. The Kier molecular flexibility index (Phi) is 3.75. The maximum absolute atomic E-state index is 12.3. The Bertz CT molecular complexity index is 1100. The number of hydrogen-bond acceptors (Lipinski definition) is 6. The third kappa shape index (κ3) is 2.82. The third-order valence-electron chi connectivity index (χ3n) is 3.25. The first-order valence-electron chi connectivity index (χ1n) is 6.79. The predicted octanol–water partition coefficient (Wildman–Crippen LogP) is 1.03. The van der Waals surface area contributed by atoms with Gasteiger partial charge in [0.25, 0.3) is 15.9 Å². The molecule has 3 aromatic rings. The van der Waals surface area contributed by atoms with E-state index >= 15 is 0 Å². The van der Waals surface area contributed by atoms with Crippen molar-refractivity contribution in [2.75, 3.05) is 0 Å². The fourth-order valence-electron chi connectivity index (χ4n) is 2.09. The number of nitriles is 1. The number of benzene rings is 1. The molecule has 1 aromatic carbocycles. The number of hydrogen-bond donors (Lipinski definition) is 1. The number of carbonyl (C=O) groups excluding carboxylic acids is 1. The van der Waals surface area contributed by atoms with Crippen LogP contribution in [0.25, 0.3) is 5.65 Å². The van der Waals surface area contributed by atoms with Gasteiger partial charge in [-0.3, -0.25) is 4.79 Å². The number of fused-ring (bicyclic) bond motifs is 1. The van der Waals surface area contributed by atoms with Gasteiger partial charge in [0, 0.05) is 11.9 Å². The van der Waals surface area contributed by atoms with E-state index in [1.54, 1.807) is 19.2 Å². The number of carbonyl (C=O) groups is 1. The summed E-state index contributed by atoms with van der Waals surface area (Å²) in [6.45, 7) is 1.75. The zero-order valence-corrected chi connectivity index (χ0v) is 13.3. The van der Waals surface area contributed by atoms with Crippen molar-refractivity contribution in [3.8, 4) is 6.07 Å². The van der Waals surface area contributed by atoms with E-state index in [2.05, 4.69) is 10.1 Å². The Morgan fingerprint density at radius 3 is 2.88 bits per heavy atom. The molecule has 0 aliphatic heterocycles. The fraction of sp³-hybridized carbons (Fsp3) is 0.0667. The van der Waals surface area contributed by atoms with Gasteiger partial charge in [0.15, 0.2) is 5.65 Å². The van der Waals surface area contributed by atoms with Gasteiger partial charge in [-0.25, -0.2) is 22.6 Å². The maximum atomic E-state index is 12.3. The summed E-state index contributed by atoms with van der Waals surface area (Å²) in [6, 6.07) is 8.95. The lowest BCUT2D eigenvalue weighted by Crippen LogP contribution is -2.30. The summed E-state index contributed by atoms with van der Waals surface area (Å²) in [4.78, 5) is 16.3. The van der Waals surface area contributed by atoms with E-state index in [9.17, 15) is 13.2 Å². The normalized spacial score (nSPS) is 11.2. The molecular weight excluding hydrogens is 330 g/mol. The van der Waals surface area contributed by atoms with Gasteiger partial charge >= 0.3 is 0 Å². The monoisotopic (exact) mass is 341 g/mol. The van der Waals surface area contributed by atoms with E-state index in [1.165, 1.54) is 35.0 Å². The second kappa shape index (κ2) is 5.75. The molecule has 0 atom stereocenters. The molecule has 24 heavy (non-hydrogen) atoms. The summed E-state index contributed by atoms with van der Waals surface area (Å²) < 4.78 is 28.0. The van der Waals surface area contributed by atoms with Gasteiger partial charge in [0.2, 0.25) is 0 Å². The zero-order valence-electron chi connectivity index (χ0n) is 12.5. The van der Waals surface area contributed by atoms with Crippen molar-refractivity contribution < 1.29 is 13.2 Å². The molecule has 0 spiro atoms. The van der Waals surface area contributed by atoms with Crippen molar-refractivity contribution in [3.05, 3.63) is 59.5 Å². The van der Waals surface area contributed by atoms with Crippen LogP contribution < -0.4 is 4.72 Å². The SMILES string of the molecule is Cc1ccn2ncc(C(=O)NS(=O)(=O)c3cccc(C#N)c3)c2n1. The molecule has 0 radical (unpaired) electrons. The highest BCUT2D eigenvalue weighted by molar-refractivity contribution is 7.90. The number of nitrogens with zero attached hydrogens (tertiary/aromatic N) is 4. The van der Waals surface area contributed by atoms with E-state index in [0.717, 1.165) is 0 Å².